The second-order valence-electron chi connectivity index (χ2n) is 3.44. The van der Waals surface area contributed by atoms with Gasteiger partial charge in [-0.1, -0.05) is 18.2 Å². The quantitative estimate of drug-likeness (QED) is 0.663. The van der Waals surface area contributed by atoms with Gasteiger partial charge in [0.15, 0.2) is 0 Å². The molecule has 5 heteroatoms. The van der Waals surface area contributed by atoms with E-state index in [0.29, 0.717) is 11.3 Å². The van der Waals surface area contributed by atoms with Gasteiger partial charge in [-0.25, -0.2) is 4.79 Å². The van der Waals surface area contributed by atoms with Crippen LogP contribution in [-0.4, -0.2) is 11.1 Å². The van der Waals surface area contributed by atoms with E-state index >= 15 is 0 Å². The van der Waals surface area contributed by atoms with Gasteiger partial charge in [-0.15, -0.1) is 5.11 Å². The summed E-state index contributed by atoms with van der Waals surface area (Å²) in [6.07, 6.45) is 0. The maximum atomic E-state index is 11.5. The summed E-state index contributed by atoms with van der Waals surface area (Å²) in [6.45, 7) is 0. The molecule has 0 aromatic heterocycles. The molecule has 5 nitrogen and oxygen atoms in total. The third-order valence-electron chi connectivity index (χ3n) is 2.14. The number of phenols is 1. The van der Waals surface area contributed by atoms with Crippen LogP contribution in [-0.2, 0) is 4.84 Å². The number of hydrogen-bond acceptors (Lipinski definition) is 5. The van der Waals surface area contributed by atoms with E-state index in [1.54, 1.807) is 42.5 Å². The fourth-order valence-corrected chi connectivity index (χ4v) is 1.25. The lowest BCUT2D eigenvalue weighted by Crippen LogP contribution is -1.99. The second kappa shape index (κ2) is 5.58. The Balaban J connectivity index is 1.96. The molecule has 18 heavy (non-hydrogen) atoms. The minimum absolute atomic E-state index is 0.134. The number of carbonyl (C=O) groups excluding carboxylic acids is 1. The highest BCUT2D eigenvalue weighted by Gasteiger charge is 2.05. The van der Waals surface area contributed by atoms with Crippen molar-refractivity contribution in [2.75, 3.05) is 0 Å². The number of nitrogens with zero attached hydrogens (tertiary/aromatic N) is 2. The molecule has 1 N–H and O–H groups in total. The van der Waals surface area contributed by atoms with Gasteiger partial charge in [0, 0.05) is 5.28 Å². The van der Waals surface area contributed by atoms with Crippen LogP contribution in [0.15, 0.2) is 65.0 Å². The van der Waals surface area contributed by atoms with Gasteiger partial charge < -0.3 is 5.11 Å². The van der Waals surface area contributed by atoms with Crippen molar-refractivity contribution in [1.82, 2.24) is 0 Å². The summed E-state index contributed by atoms with van der Waals surface area (Å²) in [7, 11) is 0. The lowest BCUT2D eigenvalue weighted by atomic mass is 10.2. The van der Waals surface area contributed by atoms with Crippen molar-refractivity contribution in [3.63, 3.8) is 0 Å². The first kappa shape index (κ1) is 11.8. The number of aromatic hydroxyl groups is 1. The Morgan fingerprint density at radius 1 is 1.00 bits per heavy atom. The molecular formula is C13H10N2O3. The predicted octanol–water partition coefficient (Wildman–Crippen LogP) is 3.25. The van der Waals surface area contributed by atoms with Crippen molar-refractivity contribution < 1.29 is 14.7 Å². The number of benzene rings is 2. The van der Waals surface area contributed by atoms with E-state index in [4.69, 9.17) is 5.11 Å². The summed E-state index contributed by atoms with van der Waals surface area (Å²) in [6, 6.07) is 14.5. The molecule has 0 saturated carbocycles. The van der Waals surface area contributed by atoms with Gasteiger partial charge in [0.25, 0.3) is 0 Å². The van der Waals surface area contributed by atoms with Crippen LogP contribution in [0.5, 0.6) is 5.75 Å². The molecule has 0 amide bonds. The zero-order valence-electron chi connectivity index (χ0n) is 9.35. The fourth-order valence-electron chi connectivity index (χ4n) is 1.25. The third-order valence-corrected chi connectivity index (χ3v) is 2.14. The molecule has 0 fully saturated rings. The van der Waals surface area contributed by atoms with Gasteiger partial charge in [-0.2, -0.15) is 0 Å². The Hall–Kier alpha value is -2.69. The van der Waals surface area contributed by atoms with Crippen LogP contribution in [0.4, 0.5) is 5.69 Å². The van der Waals surface area contributed by atoms with Crippen LogP contribution >= 0.6 is 0 Å². The monoisotopic (exact) mass is 242 g/mol. The summed E-state index contributed by atoms with van der Waals surface area (Å²) in [5.41, 5.74) is 0.885. The van der Waals surface area contributed by atoms with Gasteiger partial charge in [0.05, 0.1) is 11.3 Å². The zero-order valence-corrected chi connectivity index (χ0v) is 9.35. The molecule has 0 aliphatic heterocycles. The molecule has 0 atom stereocenters. The number of phenolic OH excluding ortho intramolecular Hbond substituents is 1. The lowest BCUT2D eigenvalue weighted by molar-refractivity contribution is 0.0483. The van der Waals surface area contributed by atoms with E-state index < -0.39 is 5.97 Å². The van der Waals surface area contributed by atoms with E-state index in [1.165, 1.54) is 12.1 Å². The molecule has 2 aromatic rings. The molecule has 0 aliphatic rings. The third kappa shape index (κ3) is 3.15. The molecule has 0 spiro atoms. The molecular weight excluding hydrogens is 232 g/mol. The molecule has 2 aromatic carbocycles. The largest absolute Gasteiger partial charge is 0.508 e. The van der Waals surface area contributed by atoms with E-state index in [-0.39, 0.29) is 5.75 Å². The average Bonchev–Trinajstić information content (AvgIpc) is 2.42. The first-order valence-corrected chi connectivity index (χ1v) is 5.22. The van der Waals surface area contributed by atoms with E-state index in [2.05, 4.69) is 15.2 Å². The molecule has 0 heterocycles. The molecule has 2 rings (SSSR count). The highest BCUT2D eigenvalue weighted by Crippen LogP contribution is 2.17. The highest BCUT2D eigenvalue weighted by atomic mass is 16.7. The predicted molar refractivity (Wildman–Crippen MR) is 64.5 cm³/mol. The van der Waals surface area contributed by atoms with Crippen LogP contribution < -0.4 is 0 Å². The van der Waals surface area contributed by atoms with Crippen LogP contribution in [0.25, 0.3) is 0 Å². The number of rotatable bonds is 3. The lowest BCUT2D eigenvalue weighted by Gasteiger charge is -1.96. The summed E-state index contributed by atoms with van der Waals surface area (Å²) >= 11 is 0. The molecule has 0 saturated heterocycles. The Kier molecular flexibility index (Phi) is 3.66. The number of hydrogen-bond donors (Lipinski definition) is 1. The highest BCUT2D eigenvalue weighted by molar-refractivity contribution is 5.89. The molecule has 0 unspecified atom stereocenters. The maximum absolute atomic E-state index is 11.5. The van der Waals surface area contributed by atoms with Gasteiger partial charge in [0.2, 0.25) is 0 Å². The van der Waals surface area contributed by atoms with Crippen LogP contribution in [0, 0.1) is 0 Å². The Bertz CT molecular complexity index is 550. The van der Waals surface area contributed by atoms with Gasteiger partial charge in [-0.3, -0.25) is 4.84 Å². The van der Waals surface area contributed by atoms with Crippen LogP contribution in [0.1, 0.15) is 10.4 Å². The average molecular weight is 242 g/mol. The van der Waals surface area contributed by atoms with E-state index in [1.807, 2.05) is 0 Å². The summed E-state index contributed by atoms with van der Waals surface area (Å²) in [4.78, 5) is 16.1. The standard InChI is InChI=1S/C13H10N2O3/c16-12-8-6-11(7-9-12)14-15-18-13(17)10-4-2-1-3-5-10/h1-9,16H. The molecule has 0 radical (unpaired) electrons. The topological polar surface area (TPSA) is 71.2 Å². The minimum atomic E-state index is -0.571. The Morgan fingerprint density at radius 2 is 1.67 bits per heavy atom. The smallest absolute Gasteiger partial charge is 0.367 e. The fraction of sp³-hybridized carbons (Fsp3) is 0. The van der Waals surface area contributed by atoms with Crippen molar-refractivity contribution in [1.29, 1.82) is 0 Å². The van der Waals surface area contributed by atoms with Crippen LogP contribution in [0.2, 0.25) is 0 Å². The normalized spacial score (nSPS) is 10.4. The van der Waals surface area contributed by atoms with Crippen molar-refractivity contribution >= 4 is 11.7 Å². The summed E-state index contributed by atoms with van der Waals surface area (Å²) in [5, 5.41) is 16.1. The van der Waals surface area contributed by atoms with Crippen molar-refractivity contribution in [2.24, 2.45) is 10.4 Å². The SMILES string of the molecule is O=C(ON=Nc1ccc(O)cc1)c1ccccc1. The minimum Gasteiger partial charge on any atom is -0.508 e. The summed E-state index contributed by atoms with van der Waals surface area (Å²) < 4.78 is 0. The van der Waals surface area contributed by atoms with Crippen molar-refractivity contribution in [3.8, 4) is 5.75 Å². The van der Waals surface area contributed by atoms with E-state index in [0.717, 1.165) is 0 Å². The van der Waals surface area contributed by atoms with Crippen molar-refractivity contribution in [2.45, 2.75) is 0 Å². The van der Waals surface area contributed by atoms with Gasteiger partial charge >= 0.3 is 5.97 Å². The first-order chi connectivity index (χ1) is 8.75. The van der Waals surface area contributed by atoms with Gasteiger partial charge in [0.1, 0.15) is 5.75 Å². The first-order valence-electron chi connectivity index (χ1n) is 5.22. The Morgan fingerprint density at radius 3 is 2.33 bits per heavy atom. The molecule has 90 valence electrons. The Labute approximate surface area is 103 Å². The number of carbonyl (C=O) groups is 1. The van der Waals surface area contributed by atoms with E-state index in [9.17, 15) is 4.79 Å². The van der Waals surface area contributed by atoms with Gasteiger partial charge in [-0.05, 0) is 36.4 Å². The summed E-state index contributed by atoms with van der Waals surface area (Å²) in [5.74, 6) is -0.437. The zero-order chi connectivity index (χ0) is 12.8. The molecule has 0 bridgehead atoms. The van der Waals surface area contributed by atoms with Crippen LogP contribution in [0.3, 0.4) is 0 Å². The maximum Gasteiger partial charge on any atom is 0.367 e. The second-order valence-corrected chi connectivity index (χ2v) is 3.44. The molecule has 0 aliphatic carbocycles. The van der Waals surface area contributed by atoms with Crippen molar-refractivity contribution in [3.05, 3.63) is 60.2 Å².